The lowest BCUT2D eigenvalue weighted by Gasteiger charge is -2.08. The van der Waals surface area contributed by atoms with Crippen LogP contribution in [-0.2, 0) is 4.79 Å². The molecule has 1 aromatic heterocycles. The second kappa shape index (κ2) is 3.36. The molecule has 0 spiro atoms. The van der Waals surface area contributed by atoms with Crippen molar-refractivity contribution in [1.82, 2.24) is 10.2 Å². The predicted molar refractivity (Wildman–Crippen MR) is 50.0 cm³/mol. The van der Waals surface area contributed by atoms with Gasteiger partial charge in [0.05, 0.1) is 11.1 Å². The summed E-state index contributed by atoms with van der Waals surface area (Å²) >= 11 is 0. The minimum absolute atomic E-state index is 0.230. The first-order valence-electron chi connectivity index (χ1n) is 4.64. The first kappa shape index (κ1) is 9.12. The molecule has 1 saturated carbocycles. The van der Waals surface area contributed by atoms with Crippen molar-refractivity contribution in [3.8, 4) is 5.88 Å². The third kappa shape index (κ3) is 1.89. The molecule has 0 aromatic carbocycles. The molecule has 0 aliphatic heterocycles. The van der Waals surface area contributed by atoms with Gasteiger partial charge in [0, 0.05) is 6.07 Å². The van der Waals surface area contributed by atoms with Gasteiger partial charge in [-0.15, -0.1) is 5.10 Å². The summed E-state index contributed by atoms with van der Waals surface area (Å²) < 4.78 is 5.37. The number of carbonyl (C=O) groups excluding carboxylic acids is 1. The molecule has 1 aliphatic rings. The van der Waals surface area contributed by atoms with E-state index in [9.17, 15) is 4.79 Å². The number of nitrogens with zero attached hydrogens (tertiary/aromatic N) is 2. The van der Waals surface area contributed by atoms with Gasteiger partial charge in [-0.25, -0.2) is 0 Å². The largest absolute Gasteiger partial charge is 0.476 e. The summed E-state index contributed by atoms with van der Waals surface area (Å²) in [6.45, 7) is 2.29. The van der Waals surface area contributed by atoms with E-state index in [-0.39, 0.29) is 5.41 Å². The van der Waals surface area contributed by atoms with E-state index in [0.717, 1.165) is 24.8 Å². The van der Waals surface area contributed by atoms with Crippen LogP contribution in [0.4, 0.5) is 0 Å². The molecular formula is C10H12N2O2. The molecule has 2 rings (SSSR count). The SMILES string of the molecule is Cc1ccc(OCC2(C=O)CC2)nn1. The summed E-state index contributed by atoms with van der Waals surface area (Å²) in [6, 6.07) is 3.60. The second-order valence-electron chi connectivity index (χ2n) is 3.78. The molecule has 4 heteroatoms. The molecule has 0 radical (unpaired) electrons. The van der Waals surface area contributed by atoms with Crippen LogP contribution in [0.3, 0.4) is 0 Å². The molecule has 0 saturated heterocycles. The van der Waals surface area contributed by atoms with Crippen LogP contribution in [0, 0.1) is 12.3 Å². The quantitative estimate of drug-likeness (QED) is 0.671. The van der Waals surface area contributed by atoms with Gasteiger partial charge in [-0.05, 0) is 25.8 Å². The van der Waals surface area contributed by atoms with E-state index >= 15 is 0 Å². The molecule has 1 fully saturated rings. The summed E-state index contributed by atoms with van der Waals surface area (Å²) in [6.07, 6.45) is 2.83. The number of aromatic nitrogens is 2. The Kier molecular flexibility index (Phi) is 2.19. The van der Waals surface area contributed by atoms with E-state index in [4.69, 9.17) is 4.74 Å². The van der Waals surface area contributed by atoms with E-state index in [1.807, 2.05) is 13.0 Å². The van der Waals surface area contributed by atoms with Gasteiger partial charge in [0.15, 0.2) is 0 Å². The Morgan fingerprint density at radius 2 is 2.29 bits per heavy atom. The maximum absolute atomic E-state index is 10.6. The normalized spacial score (nSPS) is 17.5. The van der Waals surface area contributed by atoms with Gasteiger partial charge in [0.25, 0.3) is 0 Å². The molecule has 1 heterocycles. The van der Waals surface area contributed by atoms with E-state index in [1.165, 1.54) is 0 Å². The van der Waals surface area contributed by atoms with Gasteiger partial charge in [-0.2, -0.15) is 5.10 Å². The van der Waals surface area contributed by atoms with Crippen molar-refractivity contribution in [1.29, 1.82) is 0 Å². The van der Waals surface area contributed by atoms with Crippen LogP contribution in [0.15, 0.2) is 12.1 Å². The first-order chi connectivity index (χ1) is 6.74. The predicted octanol–water partition coefficient (Wildman–Crippen LogP) is 1.14. The second-order valence-corrected chi connectivity index (χ2v) is 3.78. The lowest BCUT2D eigenvalue weighted by molar-refractivity contribution is -0.113. The fraction of sp³-hybridized carbons (Fsp3) is 0.500. The molecule has 74 valence electrons. The van der Waals surface area contributed by atoms with Crippen molar-refractivity contribution in [2.24, 2.45) is 5.41 Å². The van der Waals surface area contributed by atoms with Crippen molar-refractivity contribution in [2.75, 3.05) is 6.61 Å². The van der Waals surface area contributed by atoms with Gasteiger partial charge < -0.3 is 9.53 Å². The van der Waals surface area contributed by atoms with Crippen LogP contribution in [0.25, 0.3) is 0 Å². The highest BCUT2D eigenvalue weighted by molar-refractivity contribution is 5.63. The molecular weight excluding hydrogens is 180 g/mol. The molecule has 1 aromatic rings. The molecule has 0 unspecified atom stereocenters. The van der Waals surface area contributed by atoms with Crippen LogP contribution >= 0.6 is 0 Å². The Bertz CT molecular complexity index is 330. The number of ether oxygens (including phenoxy) is 1. The third-order valence-corrected chi connectivity index (χ3v) is 2.42. The van der Waals surface area contributed by atoms with Gasteiger partial charge >= 0.3 is 0 Å². The highest BCUT2D eigenvalue weighted by atomic mass is 16.5. The van der Waals surface area contributed by atoms with Crippen LogP contribution in [0.2, 0.25) is 0 Å². The zero-order valence-corrected chi connectivity index (χ0v) is 8.06. The molecule has 1 aliphatic carbocycles. The fourth-order valence-electron chi connectivity index (χ4n) is 1.14. The smallest absolute Gasteiger partial charge is 0.233 e. The van der Waals surface area contributed by atoms with Crippen molar-refractivity contribution >= 4 is 6.29 Å². The molecule has 0 bridgehead atoms. The molecule has 14 heavy (non-hydrogen) atoms. The van der Waals surface area contributed by atoms with Crippen LogP contribution in [0.1, 0.15) is 18.5 Å². The number of rotatable bonds is 4. The van der Waals surface area contributed by atoms with E-state index in [1.54, 1.807) is 6.07 Å². The standard InChI is InChI=1S/C10H12N2O2/c1-8-2-3-9(12-11-8)14-7-10(6-13)4-5-10/h2-3,6H,4-5,7H2,1H3. The Hall–Kier alpha value is -1.45. The lowest BCUT2D eigenvalue weighted by atomic mass is 10.1. The zero-order chi connectivity index (χ0) is 10.0. The Balaban J connectivity index is 1.92. The maximum atomic E-state index is 10.6. The number of hydrogen-bond donors (Lipinski definition) is 0. The lowest BCUT2D eigenvalue weighted by Crippen LogP contribution is -2.14. The van der Waals surface area contributed by atoms with E-state index in [2.05, 4.69) is 10.2 Å². The van der Waals surface area contributed by atoms with Crippen LogP contribution < -0.4 is 4.74 Å². The molecule has 0 amide bonds. The topological polar surface area (TPSA) is 52.1 Å². The summed E-state index contributed by atoms with van der Waals surface area (Å²) in [5, 5.41) is 7.72. The summed E-state index contributed by atoms with van der Waals surface area (Å²) in [5.74, 6) is 0.490. The molecule has 0 atom stereocenters. The summed E-state index contributed by atoms with van der Waals surface area (Å²) in [7, 11) is 0. The van der Waals surface area contributed by atoms with Crippen molar-refractivity contribution < 1.29 is 9.53 Å². The number of carbonyl (C=O) groups is 1. The average Bonchev–Trinajstić information content (AvgIpc) is 2.98. The highest BCUT2D eigenvalue weighted by Gasteiger charge is 2.43. The zero-order valence-electron chi connectivity index (χ0n) is 8.06. The highest BCUT2D eigenvalue weighted by Crippen LogP contribution is 2.43. The number of hydrogen-bond acceptors (Lipinski definition) is 4. The van der Waals surface area contributed by atoms with E-state index < -0.39 is 0 Å². The molecule has 4 nitrogen and oxygen atoms in total. The first-order valence-corrected chi connectivity index (χ1v) is 4.64. The minimum Gasteiger partial charge on any atom is -0.476 e. The minimum atomic E-state index is -0.230. The van der Waals surface area contributed by atoms with Gasteiger partial charge in [-0.3, -0.25) is 0 Å². The van der Waals surface area contributed by atoms with Crippen LogP contribution in [-0.4, -0.2) is 23.1 Å². The maximum Gasteiger partial charge on any atom is 0.233 e. The van der Waals surface area contributed by atoms with Gasteiger partial charge in [0.2, 0.25) is 5.88 Å². The summed E-state index contributed by atoms with van der Waals surface area (Å²) in [4.78, 5) is 10.6. The number of aryl methyl sites for hydroxylation is 1. The third-order valence-electron chi connectivity index (χ3n) is 2.42. The Labute approximate surface area is 82.3 Å². The fourth-order valence-corrected chi connectivity index (χ4v) is 1.14. The number of aldehydes is 1. The van der Waals surface area contributed by atoms with Crippen molar-refractivity contribution in [3.63, 3.8) is 0 Å². The average molecular weight is 192 g/mol. The van der Waals surface area contributed by atoms with Gasteiger partial charge in [0.1, 0.15) is 12.9 Å². The molecule has 0 N–H and O–H groups in total. The monoisotopic (exact) mass is 192 g/mol. The van der Waals surface area contributed by atoms with Gasteiger partial charge in [-0.1, -0.05) is 0 Å². The van der Waals surface area contributed by atoms with Crippen molar-refractivity contribution in [2.45, 2.75) is 19.8 Å². The van der Waals surface area contributed by atoms with E-state index in [0.29, 0.717) is 12.5 Å². The Morgan fingerprint density at radius 1 is 1.50 bits per heavy atom. The van der Waals surface area contributed by atoms with Crippen molar-refractivity contribution in [3.05, 3.63) is 17.8 Å². The van der Waals surface area contributed by atoms with Crippen LogP contribution in [0.5, 0.6) is 5.88 Å². The summed E-state index contributed by atoms with van der Waals surface area (Å²) in [5.41, 5.74) is 0.626. The Morgan fingerprint density at radius 3 is 2.79 bits per heavy atom.